The van der Waals surface area contributed by atoms with Crippen molar-refractivity contribution in [3.8, 4) is 11.8 Å². The summed E-state index contributed by atoms with van der Waals surface area (Å²) in [7, 11) is 0. The van der Waals surface area contributed by atoms with Gasteiger partial charge in [0.1, 0.15) is 0 Å². The molecule has 28 heavy (non-hydrogen) atoms. The fourth-order valence-corrected chi connectivity index (χ4v) is 3.38. The van der Waals surface area contributed by atoms with Gasteiger partial charge in [0.25, 0.3) is 5.91 Å². The summed E-state index contributed by atoms with van der Waals surface area (Å²) < 4.78 is 1.73. The van der Waals surface area contributed by atoms with E-state index >= 15 is 0 Å². The highest BCUT2D eigenvalue weighted by atomic mass is 16.2. The minimum Gasteiger partial charge on any atom is -0.335 e. The lowest BCUT2D eigenvalue weighted by atomic mass is 10.1. The number of para-hydroxylation sites is 1. The van der Waals surface area contributed by atoms with Crippen LogP contribution in [0.5, 0.6) is 0 Å². The molecule has 0 aliphatic carbocycles. The van der Waals surface area contributed by atoms with E-state index < -0.39 is 0 Å². The number of carbonyl (C=O) groups excluding carboxylic acids is 1. The van der Waals surface area contributed by atoms with Gasteiger partial charge in [0, 0.05) is 38.9 Å². The Hall–Kier alpha value is -3.43. The minimum absolute atomic E-state index is 0.0206. The molecule has 1 aromatic heterocycles. The van der Waals surface area contributed by atoms with Crippen molar-refractivity contribution in [1.29, 1.82) is 5.26 Å². The number of nitriles is 1. The number of nitrogens with zero attached hydrogens (tertiary/aromatic N) is 5. The average molecular weight is 371 g/mol. The normalized spacial score (nSPS) is 14.6. The van der Waals surface area contributed by atoms with Gasteiger partial charge in [0.05, 0.1) is 17.3 Å². The molecular weight excluding hydrogens is 350 g/mol. The highest BCUT2D eigenvalue weighted by Crippen LogP contribution is 2.13. The highest BCUT2D eigenvalue weighted by molar-refractivity contribution is 5.92. The van der Waals surface area contributed by atoms with E-state index in [2.05, 4.69) is 16.1 Å². The van der Waals surface area contributed by atoms with E-state index in [0.29, 0.717) is 24.3 Å². The van der Waals surface area contributed by atoms with Gasteiger partial charge >= 0.3 is 0 Å². The van der Waals surface area contributed by atoms with E-state index in [1.165, 1.54) is 5.56 Å². The van der Waals surface area contributed by atoms with Gasteiger partial charge in [0.2, 0.25) is 0 Å². The molecule has 0 bridgehead atoms. The molecule has 1 amide bonds. The highest BCUT2D eigenvalue weighted by Gasteiger charge is 2.23. The molecular formula is C22H21N5O. The summed E-state index contributed by atoms with van der Waals surface area (Å²) in [6.45, 7) is 3.85. The Kier molecular flexibility index (Phi) is 5.18. The quantitative estimate of drug-likeness (QED) is 0.707. The summed E-state index contributed by atoms with van der Waals surface area (Å²) in [5.41, 5.74) is 3.27. The Balaban J connectivity index is 1.34. The maximum Gasteiger partial charge on any atom is 0.274 e. The Morgan fingerprint density at radius 1 is 0.964 bits per heavy atom. The first kappa shape index (κ1) is 18.0. The second-order valence-corrected chi connectivity index (χ2v) is 6.86. The molecule has 3 aromatic rings. The summed E-state index contributed by atoms with van der Waals surface area (Å²) in [6, 6.07) is 21.4. The van der Waals surface area contributed by atoms with E-state index in [1.54, 1.807) is 10.7 Å². The molecule has 1 aliphatic rings. The maximum absolute atomic E-state index is 12.8. The number of benzene rings is 2. The zero-order valence-corrected chi connectivity index (χ0v) is 15.5. The van der Waals surface area contributed by atoms with Crippen LogP contribution in [-0.4, -0.2) is 51.7 Å². The molecule has 1 aliphatic heterocycles. The fraction of sp³-hybridized carbons (Fsp3) is 0.227. The van der Waals surface area contributed by atoms with E-state index in [0.717, 1.165) is 25.3 Å². The largest absolute Gasteiger partial charge is 0.335 e. The lowest BCUT2D eigenvalue weighted by Crippen LogP contribution is -2.48. The van der Waals surface area contributed by atoms with Crippen LogP contribution in [0.4, 0.5) is 0 Å². The standard InChI is InChI=1S/C22H21N5O/c23-16-18-6-8-19(9-7-18)17-25-12-14-26(15-13-25)22(28)21-10-11-27(24-21)20-4-2-1-3-5-20/h1-11H,12-15,17H2. The summed E-state index contributed by atoms with van der Waals surface area (Å²) in [5, 5.41) is 13.3. The second kappa shape index (κ2) is 8.07. The SMILES string of the molecule is N#Cc1ccc(CN2CCN(C(=O)c3ccn(-c4ccccc4)n3)CC2)cc1. The van der Waals surface area contributed by atoms with Crippen LogP contribution in [0.1, 0.15) is 21.6 Å². The molecule has 0 atom stereocenters. The molecule has 4 rings (SSSR count). The number of hydrogen-bond acceptors (Lipinski definition) is 4. The first-order chi connectivity index (χ1) is 13.7. The summed E-state index contributed by atoms with van der Waals surface area (Å²) in [5.74, 6) is -0.0206. The molecule has 1 saturated heterocycles. The van der Waals surface area contributed by atoms with Crippen molar-refractivity contribution in [1.82, 2.24) is 19.6 Å². The summed E-state index contributed by atoms with van der Waals surface area (Å²) >= 11 is 0. The molecule has 6 nitrogen and oxygen atoms in total. The van der Waals surface area contributed by atoms with Gasteiger partial charge in [-0.15, -0.1) is 0 Å². The van der Waals surface area contributed by atoms with Crippen LogP contribution < -0.4 is 0 Å². The second-order valence-electron chi connectivity index (χ2n) is 6.86. The van der Waals surface area contributed by atoms with E-state index in [-0.39, 0.29) is 5.91 Å². The third-order valence-electron chi connectivity index (χ3n) is 4.98. The van der Waals surface area contributed by atoms with Crippen LogP contribution >= 0.6 is 0 Å². The third kappa shape index (κ3) is 3.95. The van der Waals surface area contributed by atoms with Crippen molar-refractivity contribution in [2.75, 3.05) is 26.2 Å². The van der Waals surface area contributed by atoms with Gasteiger partial charge in [-0.25, -0.2) is 4.68 Å². The Morgan fingerprint density at radius 3 is 2.36 bits per heavy atom. The van der Waals surface area contributed by atoms with Crippen molar-refractivity contribution in [2.45, 2.75) is 6.54 Å². The van der Waals surface area contributed by atoms with Gasteiger partial charge in [-0.05, 0) is 35.9 Å². The molecule has 2 aromatic carbocycles. The molecule has 0 spiro atoms. The molecule has 0 radical (unpaired) electrons. The lowest BCUT2D eigenvalue weighted by molar-refractivity contribution is 0.0622. The molecule has 1 fully saturated rings. The number of hydrogen-bond donors (Lipinski definition) is 0. The average Bonchev–Trinajstić information content (AvgIpc) is 3.25. The monoisotopic (exact) mass is 371 g/mol. The maximum atomic E-state index is 12.8. The lowest BCUT2D eigenvalue weighted by Gasteiger charge is -2.34. The van der Waals surface area contributed by atoms with E-state index in [9.17, 15) is 4.79 Å². The molecule has 2 heterocycles. The van der Waals surface area contributed by atoms with Crippen LogP contribution in [0.2, 0.25) is 0 Å². The van der Waals surface area contributed by atoms with Gasteiger partial charge in [0.15, 0.2) is 5.69 Å². The Labute approximate surface area is 164 Å². The predicted octanol–water partition coefficient (Wildman–Crippen LogP) is 2.70. The summed E-state index contributed by atoms with van der Waals surface area (Å²) in [4.78, 5) is 17.0. The Bertz CT molecular complexity index is 980. The number of carbonyl (C=O) groups is 1. The van der Waals surface area contributed by atoms with E-state index in [1.807, 2.05) is 65.7 Å². The first-order valence-electron chi connectivity index (χ1n) is 9.35. The van der Waals surface area contributed by atoms with Crippen molar-refractivity contribution in [3.63, 3.8) is 0 Å². The van der Waals surface area contributed by atoms with E-state index in [4.69, 9.17) is 5.26 Å². The number of piperazine rings is 1. The van der Waals surface area contributed by atoms with Crippen molar-refractivity contribution in [3.05, 3.63) is 83.7 Å². The van der Waals surface area contributed by atoms with Gasteiger partial charge in [-0.3, -0.25) is 9.69 Å². The Morgan fingerprint density at radius 2 is 1.68 bits per heavy atom. The number of amides is 1. The number of rotatable bonds is 4. The first-order valence-corrected chi connectivity index (χ1v) is 9.35. The topological polar surface area (TPSA) is 65.2 Å². The third-order valence-corrected chi connectivity index (χ3v) is 4.98. The smallest absolute Gasteiger partial charge is 0.274 e. The zero-order chi connectivity index (χ0) is 19.3. The van der Waals surface area contributed by atoms with Crippen LogP contribution in [0.25, 0.3) is 5.69 Å². The molecule has 140 valence electrons. The fourth-order valence-electron chi connectivity index (χ4n) is 3.38. The van der Waals surface area contributed by atoms with Gasteiger partial charge in [-0.2, -0.15) is 10.4 Å². The van der Waals surface area contributed by atoms with Crippen LogP contribution in [0.3, 0.4) is 0 Å². The molecule has 0 saturated carbocycles. The molecule has 6 heteroatoms. The molecule has 0 unspecified atom stereocenters. The van der Waals surface area contributed by atoms with Crippen LogP contribution in [0, 0.1) is 11.3 Å². The molecule has 0 N–H and O–H groups in total. The van der Waals surface area contributed by atoms with Gasteiger partial charge < -0.3 is 4.90 Å². The summed E-state index contributed by atoms with van der Waals surface area (Å²) in [6.07, 6.45) is 1.82. The van der Waals surface area contributed by atoms with Gasteiger partial charge in [-0.1, -0.05) is 30.3 Å². The minimum atomic E-state index is -0.0206. The van der Waals surface area contributed by atoms with Crippen LogP contribution in [-0.2, 0) is 6.54 Å². The predicted molar refractivity (Wildman–Crippen MR) is 106 cm³/mol. The van der Waals surface area contributed by atoms with Crippen molar-refractivity contribution < 1.29 is 4.79 Å². The van der Waals surface area contributed by atoms with Crippen molar-refractivity contribution in [2.24, 2.45) is 0 Å². The number of aromatic nitrogens is 2. The zero-order valence-electron chi connectivity index (χ0n) is 15.5. The van der Waals surface area contributed by atoms with Crippen molar-refractivity contribution >= 4 is 5.91 Å². The van der Waals surface area contributed by atoms with Crippen LogP contribution in [0.15, 0.2) is 66.9 Å².